The summed E-state index contributed by atoms with van der Waals surface area (Å²) >= 11 is 0. The van der Waals surface area contributed by atoms with Gasteiger partial charge in [-0.2, -0.15) is 0 Å². The lowest BCUT2D eigenvalue weighted by atomic mass is 9.38. The van der Waals surface area contributed by atoms with E-state index in [1.165, 1.54) is 68.6 Å². The van der Waals surface area contributed by atoms with Crippen molar-refractivity contribution >= 4 is 6.71 Å². The fraction of sp³-hybridized carbons (Fsp3) is 0.455. The average molecular weight is 304 g/mol. The van der Waals surface area contributed by atoms with Crippen LogP contribution in [0.15, 0.2) is 60.7 Å². The fourth-order valence-electron chi connectivity index (χ4n) is 4.08. The van der Waals surface area contributed by atoms with Crippen molar-refractivity contribution in [1.82, 2.24) is 0 Å². The third kappa shape index (κ3) is 5.57. The second kappa shape index (κ2) is 8.96. The highest BCUT2D eigenvalue weighted by molar-refractivity contribution is 6.58. The standard InChI is InChI=1S/C22H29B/c1-3-9-20(10-4-1)11-7-8-12-21-15-17-23(18-16-21)19-22-13-5-2-6-14-22/h1-6,9-10,13-14,21H,7-8,11-12,15-19H2. The van der Waals surface area contributed by atoms with Crippen LogP contribution < -0.4 is 0 Å². The molecule has 1 heterocycles. The van der Waals surface area contributed by atoms with Gasteiger partial charge in [0, 0.05) is 0 Å². The quantitative estimate of drug-likeness (QED) is 0.429. The molecule has 1 aliphatic heterocycles. The number of hydrogen-bond donors (Lipinski definition) is 0. The van der Waals surface area contributed by atoms with Gasteiger partial charge in [0.2, 0.25) is 0 Å². The molecule has 0 saturated carbocycles. The molecule has 0 bridgehead atoms. The molecule has 0 aliphatic carbocycles. The predicted molar refractivity (Wildman–Crippen MR) is 102 cm³/mol. The lowest BCUT2D eigenvalue weighted by Crippen LogP contribution is -2.24. The van der Waals surface area contributed by atoms with E-state index in [9.17, 15) is 0 Å². The van der Waals surface area contributed by atoms with E-state index in [-0.39, 0.29) is 0 Å². The number of rotatable bonds is 7. The molecule has 0 N–H and O–H groups in total. The third-order valence-corrected chi connectivity index (χ3v) is 5.50. The summed E-state index contributed by atoms with van der Waals surface area (Å²) in [6.45, 7) is 0.929. The van der Waals surface area contributed by atoms with Crippen LogP contribution in [-0.2, 0) is 12.7 Å². The van der Waals surface area contributed by atoms with Crippen molar-refractivity contribution in [1.29, 1.82) is 0 Å². The molecule has 1 heteroatoms. The molecule has 0 nitrogen and oxygen atoms in total. The van der Waals surface area contributed by atoms with E-state index in [1.807, 2.05) is 0 Å². The Balaban J connectivity index is 1.30. The Morgan fingerprint density at radius 3 is 2.00 bits per heavy atom. The van der Waals surface area contributed by atoms with Gasteiger partial charge in [0.25, 0.3) is 0 Å². The molecule has 2 aromatic carbocycles. The van der Waals surface area contributed by atoms with Gasteiger partial charge in [-0.3, -0.25) is 0 Å². The normalized spacial score (nSPS) is 15.7. The summed E-state index contributed by atoms with van der Waals surface area (Å²) in [5.74, 6) is 0.998. The topological polar surface area (TPSA) is 0 Å². The highest BCUT2D eigenvalue weighted by atomic mass is 14.2. The Bertz CT molecular complexity index is 538. The predicted octanol–water partition coefficient (Wildman–Crippen LogP) is 6.09. The van der Waals surface area contributed by atoms with Crippen molar-refractivity contribution in [3.8, 4) is 0 Å². The van der Waals surface area contributed by atoms with Gasteiger partial charge in [0.1, 0.15) is 6.71 Å². The summed E-state index contributed by atoms with van der Waals surface area (Å²) in [4.78, 5) is 0. The molecule has 2 aromatic rings. The van der Waals surface area contributed by atoms with E-state index in [2.05, 4.69) is 60.7 Å². The second-order valence-electron chi connectivity index (χ2n) is 7.31. The molecular weight excluding hydrogens is 275 g/mol. The first kappa shape index (κ1) is 16.4. The lowest BCUT2D eigenvalue weighted by Gasteiger charge is -2.26. The number of unbranched alkanes of at least 4 members (excludes halogenated alkanes) is 1. The molecule has 3 rings (SSSR count). The minimum atomic E-state index is 0.929. The van der Waals surface area contributed by atoms with E-state index < -0.39 is 0 Å². The Hall–Kier alpha value is -1.50. The van der Waals surface area contributed by atoms with Gasteiger partial charge >= 0.3 is 0 Å². The summed E-state index contributed by atoms with van der Waals surface area (Å²) in [6, 6.07) is 22.0. The maximum absolute atomic E-state index is 2.29. The van der Waals surface area contributed by atoms with Crippen LogP contribution in [0.1, 0.15) is 43.2 Å². The van der Waals surface area contributed by atoms with Crippen molar-refractivity contribution in [3.05, 3.63) is 71.8 Å². The summed E-state index contributed by atoms with van der Waals surface area (Å²) in [7, 11) is 0. The summed E-state index contributed by atoms with van der Waals surface area (Å²) in [5.41, 5.74) is 3.03. The van der Waals surface area contributed by atoms with Crippen LogP contribution in [-0.4, -0.2) is 6.71 Å². The molecule has 0 aromatic heterocycles. The molecule has 0 unspecified atom stereocenters. The monoisotopic (exact) mass is 304 g/mol. The minimum Gasteiger partial charge on any atom is -0.0736 e. The van der Waals surface area contributed by atoms with Gasteiger partial charge in [-0.15, -0.1) is 0 Å². The Morgan fingerprint density at radius 1 is 0.739 bits per heavy atom. The van der Waals surface area contributed by atoms with Crippen molar-refractivity contribution in [3.63, 3.8) is 0 Å². The molecule has 0 radical (unpaired) electrons. The lowest BCUT2D eigenvalue weighted by molar-refractivity contribution is 0.418. The number of benzene rings is 2. The van der Waals surface area contributed by atoms with Crippen LogP contribution in [0, 0.1) is 5.92 Å². The van der Waals surface area contributed by atoms with Crippen LogP contribution in [0.5, 0.6) is 0 Å². The molecule has 120 valence electrons. The molecule has 1 fully saturated rings. The first-order valence-corrected chi connectivity index (χ1v) is 9.48. The largest absolute Gasteiger partial charge is 0.144 e. The molecule has 23 heavy (non-hydrogen) atoms. The maximum Gasteiger partial charge on any atom is 0.144 e. The zero-order valence-corrected chi connectivity index (χ0v) is 14.3. The van der Waals surface area contributed by atoms with Gasteiger partial charge in [0.05, 0.1) is 0 Å². The van der Waals surface area contributed by atoms with Crippen LogP contribution in [0.2, 0.25) is 12.6 Å². The third-order valence-electron chi connectivity index (χ3n) is 5.50. The van der Waals surface area contributed by atoms with E-state index in [0.717, 1.165) is 12.6 Å². The van der Waals surface area contributed by atoms with Crippen LogP contribution in [0.25, 0.3) is 0 Å². The highest BCUT2D eigenvalue weighted by Gasteiger charge is 2.23. The first-order chi connectivity index (χ1) is 11.4. The molecule has 0 atom stereocenters. The molecule has 1 aliphatic rings. The Labute approximate surface area is 142 Å². The first-order valence-electron chi connectivity index (χ1n) is 9.48. The summed E-state index contributed by atoms with van der Waals surface area (Å²) in [6.07, 6.45) is 12.6. The van der Waals surface area contributed by atoms with Crippen molar-refractivity contribution in [2.75, 3.05) is 0 Å². The van der Waals surface area contributed by atoms with Crippen LogP contribution in [0.4, 0.5) is 0 Å². The van der Waals surface area contributed by atoms with Crippen molar-refractivity contribution in [2.24, 2.45) is 5.92 Å². The summed E-state index contributed by atoms with van der Waals surface area (Å²) < 4.78 is 0. The smallest absolute Gasteiger partial charge is 0.0736 e. The molecule has 0 spiro atoms. The summed E-state index contributed by atoms with van der Waals surface area (Å²) in [5, 5.41) is 0. The van der Waals surface area contributed by atoms with Gasteiger partial charge in [0.15, 0.2) is 0 Å². The van der Waals surface area contributed by atoms with E-state index in [0.29, 0.717) is 0 Å². The minimum absolute atomic E-state index is 0.929. The Morgan fingerprint density at radius 2 is 1.35 bits per heavy atom. The molecule has 0 amide bonds. The number of hydrogen-bond acceptors (Lipinski definition) is 0. The SMILES string of the molecule is c1ccc(CCCCC2CCB(Cc3ccccc3)CC2)cc1. The van der Waals surface area contributed by atoms with Crippen molar-refractivity contribution in [2.45, 2.75) is 57.5 Å². The van der Waals surface area contributed by atoms with Gasteiger partial charge in [-0.1, -0.05) is 105 Å². The van der Waals surface area contributed by atoms with E-state index >= 15 is 0 Å². The highest BCUT2D eigenvalue weighted by Crippen LogP contribution is 2.30. The van der Waals surface area contributed by atoms with Gasteiger partial charge in [-0.25, -0.2) is 0 Å². The average Bonchev–Trinajstić information content (AvgIpc) is 2.62. The maximum atomic E-state index is 2.29. The fourth-order valence-corrected chi connectivity index (χ4v) is 4.08. The van der Waals surface area contributed by atoms with Gasteiger partial charge in [-0.05, 0) is 30.6 Å². The van der Waals surface area contributed by atoms with Crippen LogP contribution >= 0.6 is 0 Å². The number of aryl methyl sites for hydroxylation is 1. The zero-order valence-electron chi connectivity index (χ0n) is 14.3. The van der Waals surface area contributed by atoms with E-state index in [4.69, 9.17) is 0 Å². The van der Waals surface area contributed by atoms with Gasteiger partial charge < -0.3 is 0 Å². The van der Waals surface area contributed by atoms with E-state index in [1.54, 1.807) is 0 Å². The van der Waals surface area contributed by atoms with Crippen molar-refractivity contribution < 1.29 is 0 Å². The molecular formula is C22H29B. The second-order valence-corrected chi connectivity index (χ2v) is 7.31. The van der Waals surface area contributed by atoms with Crippen LogP contribution in [0.3, 0.4) is 0 Å². The zero-order chi connectivity index (χ0) is 15.7. The molecule has 1 saturated heterocycles. The Kier molecular flexibility index (Phi) is 6.38.